The van der Waals surface area contributed by atoms with Crippen molar-refractivity contribution in [2.45, 2.75) is 18.9 Å². The zero-order valence-corrected chi connectivity index (χ0v) is 13.5. The Labute approximate surface area is 145 Å². The van der Waals surface area contributed by atoms with Gasteiger partial charge in [0.15, 0.2) is 0 Å². The lowest BCUT2D eigenvalue weighted by Gasteiger charge is -2.12. The molecule has 0 aliphatic rings. The van der Waals surface area contributed by atoms with E-state index in [1.165, 1.54) is 0 Å². The van der Waals surface area contributed by atoms with Gasteiger partial charge >= 0.3 is 12.4 Å². The number of nitrogens with two attached hydrogens (primary N) is 1. The van der Waals surface area contributed by atoms with Crippen LogP contribution in [-0.4, -0.2) is 13.4 Å². The van der Waals surface area contributed by atoms with Crippen LogP contribution < -0.4 is 10.5 Å². The van der Waals surface area contributed by atoms with E-state index in [2.05, 4.69) is 0 Å². The third-order valence-electron chi connectivity index (χ3n) is 3.12. The monoisotopic (exact) mass is 379 g/mol. The molecule has 0 fully saturated rings. The summed E-state index contributed by atoms with van der Waals surface area (Å²) in [5, 5.41) is 0. The molecule has 0 bridgehead atoms. The molecule has 142 valence electrons. The van der Waals surface area contributed by atoms with E-state index in [4.69, 9.17) is 10.5 Å². The SMILES string of the molecule is COc1cccc(CN)c1.O=Cc1cc(C(F)(F)F)cc(C(F)(F)F)c1. The van der Waals surface area contributed by atoms with E-state index < -0.39 is 29.0 Å². The molecule has 0 spiro atoms. The fourth-order valence-electron chi connectivity index (χ4n) is 1.85. The van der Waals surface area contributed by atoms with Crippen molar-refractivity contribution in [2.24, 2.45) is 5.73 Å². The molecule has 2 rings (SSSR count). The van der Waals surface area contributed by atoms with Gasteiger partial charge < -0.3 is 10.5 Å². The van der Waals surface area contributed by atoms with Crippen LogP contribution in [0.3, 0.4) is 0 Å². The molecule has 2 N–H and O–H groups in total. The summed E-state index contributed by atoms with van der Waals surface area (Å²) in [5.74, 6) is 0.864. The van der Waals surface area contributed by atoms with E-state index in [0.29, 0.717) is 18.7 Å². The average molecular weight is 379 g/mol. The molecule has 26 heavy (non-hydrogen) atoms. The standard InChI is InChI=1S/C9H4F6O.C8H11NO/c10-8(11,12)6-1-5(4-16)2-7(3-6)9(13,14)15;1-10-8-4-2-3-7(5-8)6-9/h1-4H;2-5H,6,9H2,1H3. The van der Waals surface area contributed by atoms with Crippen LogP contribution >= 0.6 is 0 Å². The van der Waals surface area contributed by atoms with Gasteiger partial charge in [0.05, 0.1) is 18.2 Å². The van der Waals surface area contributed by atoms with E-state index in [9.17, 15) is 31.1 Å². The molecule has 0 amide bonds. The van der Waals surface area contributed by atoms with Crippen LogP contribution in [0.25, 0.3) is 0 Å². The number of aldehydes is 1. The number of hydrogen-bond donors (Lipinski definition) is 1. The molecule has 0 unspecified atom stereocenters. The van der Waals surface area contributed by atoms with Crippen LogP contribution in [0, 0.1) is 0 Å². The normalized spacial score (nSPS) is 11.4. The van der Waals surface area contributed by atoms with Crippen LogP contribution in [0.2, 0.25) is 0 Å². The average Bonchev–Trinajstić information content (AvgIpc) is 2.60. The first-order valence-corrected chi connectivity index (χ1v) is 7.09. The molecule has 0 aromatic heterocycles. The highest BCUT2D eigenvalue weighted by atomic mass is 19.4. The number of alkyl halides is 6. The maximum absolute atomic E-state index is 12.2. The molecule has 0 aliphatic heterocycles. The van der Waals surface area contributed by atoms with E-state index in [1.807, 2.05) is 24.3 Å². The summed E-state index contributed by atoms with van der Waals surface area (Å²) >= 11 is 0. The lowest BCUT2D eigenvalue weighted by Crippen LogP contribution is -2.11. The molecular formula is C17H15F6NO2. The number of rotatable bonds is 3. The van der Waals surface area contributed by atoms with E-state index >= 15 is 0 Å². The van der Waals surface area contributed by atoms with Gasteiger partial charge in [0.25, 0.3) is 0 Å². The van der Waals surface area contributed by atoms with Gasteiger partial charge in [0.2, 0.25) is 0 Å². The fourth-order valence-corrected chi connectivity index (χ4v) is 1.85. The first-order chi connectivity index (χ1) is 12.0. The second-order valence-electron chi connectivity index (χ2n) is 5.01. The highest BCUT2D eigenvalue weighted by molar-refractivity contribution is 5.75. The molecule has 9 heteroatoms. The number of benzene rings is 2. The number of carbonyl (C=O) groups is 1. The fraction of sp³-hybridized carbons (Fsp3) is 0.235. The van der Waals surface area contributed by atoms with Gasteiger partial charge in [-0.15, -0.1) is 0 Å². The smallest absolute Gasteiger partial charge is 0.416 e. The molecule has 0 radical (unpaired) electrons. The van der Waals surface area contributed by atoms with Crippen LogP contribution in [-0.2, 0) is 18.9 Å². The Kier molecular flexibility index (Phi) is 7.19. The summed E-state index contributed by atoms with van der Waals surface area (Å²) in [6, 6.07) is 8.43. The van der Waals surface area contributed by atoms with Crippen molar-refractivity contribution in [3.63, 3.8) is 0 Å². The van der Waals surface area contributed by atoms with Crippen molar-refractivity contribution in [2.75, 3.05) is 7.11 Å². The maximum atomic E-state index is 12.2. The van der Waals surface area contributed by atoms with Gasteiger partial charge in [-0.25, -0.2) is 0 Å². The highest BCUT2D eigenvalue weighted by Crippen LogP contribution is 2.35. The number of carbonyl (C=O) groups excluding carboxylic acids is 1. The quantitative estimate of drug-likeness (QED) is 0.622. The third-order valence-corrected chi connectivity index (χ3v) is 3.12. The first kappa shape index (κ1) is 21.5. The van der Waals surface area contributed by atoms with Crippen LogP contribution in [0.5, 0.6) is 5.75 Å². The van der Waals surface area contributed by atoms with Crippen molar-refractivity contribution in [1.29, 1.82) is 0 Å². The summed E-state index contributed by atoms with van der Waals surface area (Å²) < 4.78 is 78.1. The number of halogens is 6. The predicted molar refractivity (Wildman–Crippen MR) is 82.7 cm³/mol. The van der Waals surface area contributed by atoms with Gasteiger partial charge in [-0.3, -0.25) is 4.79 Å². The predicted octanol–water partition coefficient (Wildman–Crippen LogP) is 4.69. The Bertz CT molecular complexity index is 689. The van der Waals surface area contributed by atoms with Crippen LogP contribution in [0.1, 0.15) is 27.0 Å². The minimum atomic E-state index is -4.92. The van der Waals surface area contributed by atoms with Gasteiger partial charge in [0, 0.05) is 12.1 Å². The van der Waals surface area contributed by atoms with Gasteiger partial charge in [-0.1, -0.05) is 12.1 Å². The van der Waals surface area contributed by atoms with Crippen LogP contribution in [0.15, 0.2) is 42.5 Å². The van der Waals surface area contributed by atoms with Crippen molar-refractivity contribution < 1.29 is 35.9 Å². The Hall–Kier alpha value is -2.55. The molecule has 3 nitrogen and oxygen atoms in total. The number of ether oxygens (including phenoxy) is 1. The Balaban J connectivity index is 0.000000289. The lowest BCUT2D eigenvalue weighted by atomic mass is 10.1. The zero-order chi connectivity index (χ0) is 20.0. The summed E-state index contributed by atoms with van der Waals surface area (Å²) in [6.07, 6.45) is -9.90. The number of methoxy groups -OCH3 is 1. The summed E-state index contributed by atoms with van der Waals surface area (Å²) in [7, 11) is 1.65. The minimum absolute atomic E-state index is 0.0347. The largest absolute Gasteiger partial charge is 0.497 e. The Morgan fingerprint density at radius 2 is 1.50 bits per heavy atom. The van der Waals surface area contributed by atoms with E-state index in [0.717, 1.165) is 11.3 Å². The van der Waals surface area contributed by atoms with Gasteiger partial charge in [-0.2, -0.15) is 26.3 Å². The molecular weight excluding hydrogens is 364 g/mol. The summed E-state index contributed by atoms with van der Waals surface area (Å²) in [4.78, 5) is 10.2. The summed E-state index contributed by atoms with van der Waals surface area (Å²) in [6.45, 7) is 0.567. The van der Waals surface area contributed by atoms with Crippen molar-refractivity contribution >= 4 is 6.29 Å². The number of hydrogen-bond acceptors (Lipinski definition) is 3. The van der Waals surface area contributed by atoms with E-state index in [-0.39, 0.29) is 12.4 Å². The minimum Gasteiger partial charge on any atom is -0.497 e. The van der Waals surface area contributed by atoms with Crippen molar-refractivity contribution in [3.05, 3.63) is 64.7 Å². The molecule has 0 aliphatic carbocycles. The van der Waals surface area contributed by atoms with Gasteiger partial charge in [0.1, 0.15) is 12.0 Å². The zero-order valence-electron chi connectivity index (χ0n) is 13.5. The molecule has 2 aromatic rings. The van der Waals surface area contributed by atoms with Crippen LogP contribution in [0.4, 0.5) is 26.3 Å². The molecule has 0 saturated carbocycles. The second kappa shape index (κ2) is 8.70. The molecule has 0 heterocycles. The highest BCUT2D eigenvalue weighted by Gasteiger charge is 2.36. The molecule has 0 atom stereocenters. The first-order valence-electron chi connectivity index (χ1n) is 7.09. The Morgan fingerprint density at radius 1 is 0.962 bits per heavy atom. The summed E-state index contributed by atoms with van der Waals surface area (Å²) in [5.41, 5.74) is 2.86. The van der Waals surface area contributed by atoms with Gasteiger partial charge in [-0.05, 0) is 35.9 Å². The van der Waals surface area contributed by atoms with Crippen molar-refractivity contribution in [3.8, 4) is 5.75 Å². The molecule has 2 aromatic carbocycles. The van der Waals surface area contributed by atoms with Crippen molar-refractivity contribution in [1.82, 2.24) is 0 Å². The molecule has 0 saturated heterocycles. The third kappa shape index (κ3) is 6.40. The maximum Gasteiger partial charge on any atom is 0.416 e. The lowest BCUT2D eigenvalue weighted by molar-refractivity contribution is -0.143. The topological polar surface area (TPSA) is 52.3 Å². The Morgan fingerprint density at radius 3 is 1.88 bits per heavy atom. The van der Waals surface area contributed by atoms with E-state index in [1.54, 1.807) is 7.11 Å². The second-order valence-corrected chi connectivity index (χ2v) is 5.01.